The fourth-order valence-electron chi connectivity index (χ4n) is 1.65. The van der Waals surface area contributed by atoms with Gasteiger partial charge in [0.25, 0.3) is 0 Å². The minimum absolute atomic E-state index is 0.0988. The van der Waals surface area contributed by atoms with Crippen molar-refractivity contribution >= 4 is 5.91 Å². The van der Waals surface area contributed by atoms with Gasteiger partial charge in [0.15, 0.2) is 0 Å². The van der Waals surface area contributed by atoms with Gasteiger partial charge in [-0.1, -0.05) is 0 Å². The van der Waals surface area contributed by atoms with E-state index in [2.05, 4.69) is 5.10 Å². The van der Waals surface area contributed by atoms with E-state index >= 15 is 0 Å². The van der Waals surface area contributed by atoms with Crippen LogP contribution in [0.5, 0.6) is 0 Å². The van der Waals surface area contributed by atoms with Crippen LogP contribution in [0.3, 0.4) is 0 Å². The van der Waals surface area contributed by atoms with Crippen molar-refractivity contribution < 1.29 is 4.79 Å². The zero-order chi connectivity index (χ0) is 9.97. The standard InChI is InChI=1S/C9H14N4O/c10-8-2-5-12(6-8)9(14)7-13-4-1-3-11-13/h1,3-4,8H,2,5-7,10H2/t8-/m0/s1. The van der Waals surface area contributed by atoms with Gasteiger partial charge in [0.1, 0.15) is 6.54 Å². The van der Waals surface area contributed by atoms with Gasteiger partial charge in [-0.05, 0) is 12.5 Å². The Morgan fingerprint density at radius 3 is 3.07 bits per heavy atom. The largest absolute Gasteiger partial charge is 0.339 e. The molecule has 1 aromatic heterocycles. The Morgan fingerprint density at radius 2 is 2.50 bits per heavy atom. The number of carbonyl (C=O) groups excluding carboxylic acids is 1. The third-order valence-electron chi connectivity index (χ3n) is 2.43. The summed E-state index contributed by atoms with van der Waals surface area (Å²) in [6.07, 6.45) is 4.36. The lowest BCUT2D eigenvalue weighted by atomic mass is 10.3. The maximum absolute atomic E-state index is 11.7. The summed E-state index contributed by atoms with van der Waals surface area (Å²) in [4.78, 5) is 13.5. The first-order chi connectivity index (χ1) is 6.75. The van der Waals surface area contributed by atoms with Gasteiger partial charge in [0.05, 0.1) is 0 Å². The molecule has 5 nitrogen and oxygen atoms in total. The molecule has 2 heterocycles. The number of nitrogens with zero attached hydrogens (tertiary/aromatic N) is 3. The number of aromatic nitrogens is 2. The Morgan fingerprint density at radius 1 is 1.64 bits per heavy atom. The molecular weight excluding hydrogens is 180 g/mol. The summed E-state index contributed by atoms with van der Waals surface area (Å²) >= 11 is 0. The van der Waals surface area contributed by atoms with Crippen LogP contribution in [0, 0.1) is 0 Å². The highest BCUT2D eigenvalue weighted by atomic mass is 16.2. The number of carbonyl (C=O) groups is 1. The van der Waals surface area contributed by atoms with Crippen molar-refractivity contribution in [3.63, 3.8) is 0 Å². The third-order valence-corrected chi connectivity index (χ3v) is 2.43. The van der Waals surface area contributed by atoms with Crippen molar-refractivity contribution in [3.05, 3.63) is 18.5 Å². The molecule has 14 heavy (non-hydrogen) atoms. The van der Waals surface area contributed by atoms with E-state index < -0.39 is 0 Å². The smallest absolute Gasteiger partial charge is 0.244 e. The molecule has 2 N–H and O–H groups in total. The fraction of sp³-hybridized carbons (Fsp3) is 0.556. The highest BCUT2D eigenvalue weighted by Gasteiger charge is 2.23. The molecule has 1 aliphatic rings. The van der Waals surface area contributed by atoms with Gasteiger partial charge in [-0.3, -0.25) is 9.48 Å². The Kier molecular flexibility index (Phi) is 2.49. The lowest BCUT2D eigenvalue weighted by Crippen LogP contribution is -2.34. The van der Waals surface area contributed by atoms with Crippen LogP contribution < -0.4 is 5.73 Å². The Hall–Kier alpha value is -1.36. The van der Waals surface area contributed by atoms with Crippen LogP contribution in [0.4, 0.5) is 0 Å². The quantitative estimate of drug-likeness (QED) is 0.686. The van der Waals surface area contributed by atoms with Crippen molar-refractivity contribution in [2.24, 2.45) is 5.73 Å². The van der Waals surface area contributed by atoms with Gasteiger partial charge >= 0.3 is 0 Å². The van der Waals surface area contributed by atoms with Gasteiger partial charge in [-0.25, -0.2) is 0 Å². The van der Waals surface area contributed by atoms with Crippen molar-refractivity contribution in [2.45, 2.75) is 19.0 Å². The van der Waals surface area contributed by atoms with Gasteiger partial charge in [0.2, 0.25) is 5.91 Å². The molecular formula is C9H14N4O. The van der Waals surface area contributed by atoms with Crippen LogP contribution in [0.25, 0.3) is 0 Å². The first kappa shape index (κ1) is 9.21. The Balaban J connectivity index is 1.90. The number of nitrogens with two attached hydrogens (primary N) is 1. The molecule has 0 unspecified atom stereocenters. The molecule has 1 amide bonds. The maximum atomic E-state index is 11.7. The van der Waals surface area contributed by atoms with Crippen molar-refractivity contribution in [1.82, 2.24) is 14.7 Å². The minimum atomic E-state index is 0.0988. The van der Waals surface area contributed by atoms with Crippen molar-refractivity contribution in [3.8, 4) is 0 Å². The van der Waals surface area contributed by atoms with E-state index in [1.807, 2.05) is 6.07 Å². The first-order valence-electron chi connectivity index (χ1n) is 4.76. The number of hydrogen-bond donors (Lipinski definition) is 1. The van der Waals surface area contributed by atoms with E-state index in [9.17, 15) is 4.79 Å². The summed E-state index contributed by atoms with van der Waals surface area (Å²) in [6.45, 7) is 1.78. The molecule has 0 radical (unpaired) electrons. The van der Waals surface area contributed by atoms with E-state index in [-0.39, 0.29) is 11.9 Å². The molecule has 2 rings (SSSR count). The van der Waals surface area contributed by atoms with Gasteiger partial charge in [-0.15, -0.1) is 0 Å². The van der Waals surface area contributed by atoms with Crippen LogP contribution in [0.15, 0.2) is 18.5 Å². The Bertz CT molecular complexity index is 309. The summed E-state index contributed by atoms with van der Waals surface area (Å²) in [5.41, 5.74) is 5.72. The molecule has 0 aliphatic carbocycles. The predicted octanol–water partition coefficient (Wildman–Crippen LogP) is -0.557. The molecule has 1 fully saturated rings. The lowest BCUT2D eigenvalue weighted by Gasteiger charge is -2.15. The number of likely N-dealkylation sites (tertiary alicyclic amines) is 1. The summed E-state index contributed by atoms with van der Waals surface area (Å²) in [5.74, 6) is 0.0988. The summed E-state index contributed by atoms with van der Waals surface area (Å²) in [6, 6.07) is 1.96. The summed E-state index contributed by atoms with van der Waals surface area (Å²) in [5, 5.41) is 3.98. The monoisotopic (exact) mass is 194 g/mol. The van der Waals surface area contributed by atoms with Crippen molar-refractivity contribution in [1.29, 1.82) is 0 Å². The van der Waals surface area contributed by atoms with E-state index in [1.165, 1.54) is 0 Å². The summed E-state index contributed by atoms with van der Waals surface area (Å²) < 4.78 is 1.63. The molecule has 0 bridgehead atoms. The predicted molar refractivity (Wildman–Crippen MR) is 51.4 cm³/mol. The van der Waals surface area contributed by atoms with E-state index in [4.69, 9.17) is 5.73 Å². The van der Waals surface area contributed by atoms with Gasteiger partial charge < -0.3 is 10.6 Å². The highest BCUT2D eigenvalue weighted by molar-refractivity contribution is 5.76. The highest BCUT2D eigenvalue weighted by Crippen LogP contribution is 2.07. The van der Waals surface area contributed by atoms with E-state index in [0.29, 0.717) is 13.1 Å². The second kappa shape index (κ2) is 3.79. The molecule has 1 atom stereocenters. The molecule has 0 spiro atoms. The second-order valence-electron chi connectivity index (χ2n) is 3.59. The van der Waals surface area contributed by atoms with Gasteiger partial charge in [-0.2, -0.15) is 5.10 Å². The van der Waals surface area contributed by atoms with Gasteiger partial charge in [0, 0.05) is 31.5 Å². The summed E-state index contributed by atoms with van der Waals surface area (Å²) in [7, 11) is 0. The number of rotatable bonds is 2. The Labute approximate surface area is 82.5 Å². The van der Waals surface area contributed by atoms with Crippen LogP contribution in [0.2, 0.25) is 0 Å². The fourth-order valence-corrected chi connectivity index (χ4v) is 1.65. The maximum Gasteiger partial charge on any atom is 0.244 e. The molecule has 1 saturated heterocycles. The average molecular weight is 194 g/mol. The molecule has 5 heteroatoms. The zero-order valence-electron chi connectivity index (χ0n) is 7.97. The number of amides is 1. The minimum Gasteiger partial charge on any atom is -0.339 e. The molecule has 1 aromatic rings. The molecule has 76 valence electrons. The van der Waals surface area contributed by atoms with Crippen molar-refractivity contribution in [2.75, 3.05) is 13.1 Å². The molecule has 1 aliphatic heterocycles. The van der Waals surface area contributed by atoms with Crippen LogP contribution in [-0.4, -0.2) is 39.7 Å². The van der Waals surface area contributed by atoms with Crippen LogP contribution >= 0.6 is 0 Å². The molecule has 0 aromatic carbocycles. The second-order valence-corrected chi connectivity index (χ2v) is 3.59. The first-order valence-corrected chi connectivity index (χ1v) is 4.76. The van der Waals surface area contributed by atoms with E-state index in [0.717, 1.165) is 13.0 Å². The normalized spacial score (nSPS) is 21.5. The SMILES string of the molecule is N[C@H]1CCN(C(=O)Cn2cccn2)C1. The average Bonchev–Trinajstić information content (AvgIpc) is 2.75. The van der Waals surface area contributed by atoms with Crippen LogP contribution in [-0.2, 0) is 11.3 Å². The topological polar surface area (TPSA) is 64.2 Å². The lowest BCUT2D eigenvalue weighted by molar-refractivity contribution is -0.131. The molecule has 0 saturated carbocycles. The zero-order valence-corrected chi connectivity index (χ0v) is 7.97. The van der Waals surface area contributed by atoms with Crippen LogP contribution in [0.1, 0.15) is 6.42 Å². The third kappa shape index (κ3) is 1.93. The number of hydrogen-bond acceptors (Lipinski definition) is 3. The van der Waals surface area contributed by atoms with E-state index in [1.54, 1.807) is 22.0 Å².